The maximum absolute atomic E-state index is 11.1. The highest BCUT2D eigenvalue weighted by molar-refractivity contribution is 7.38. The molecule has 1 atom stereocenters. The Kier molecular flexibility index (Phi) is 5.46. The highest BCUT2D eigenvalue weighted by Gasteiger charge is 2.10. The molecular formula is C10H13NO4P+. The maximum atomic E-state index is 11.1. The van der Waals surface area contributed by atoms with E-state index in [2.05, 4.69) is 5.32 Å². The summed E-state index contributed by atoms with van der Waals surface area (Å²) in [5, 5.41) is 2.38. The molecule has 1 amide bonds. The Morgan fingerprint density at radius 2 is 2.06 bits per heavy atom. The molecule has 5 nitrogen and oxygen atoms in total. The van der Waals surface area contributed by atoms with Crippen LogP contribution in [0.15, 0.2) is 30.3 Å². The van der Waals surface area contributed by atoms with Gasteiger partial charge >= 0.3 is 14.1 Å². The van der Waals surface area contributed by atoms with Gasteiger partial charge in [0.2, 0.25) is 0 Å². The van der Waals surface area contributed by atoms with Crippen LogP contribution < -0.4 is 5.32 Å². The molecular weight excluding hydrogens is 229 g/mol. The Morgan fingerprint density at radius 3 is 2.69 bits per heavy atom. The summed E-state index contributed by atoms with van der Waals surface area (Å²) in [6.07, 6.45) is -0.545. The third-order valence-electron chi connectivity index (χ3n) is 1.79. The van der Waals surface area contributed by atoms with E-state index in [1.165, 1.54) is 0 Å². The fourth-order valence-electron chi connectivity index (χ4n) is 1.03. The van der Waals surface area contributed by atoms with Gasteiger partial charge in [-0.25, -0.2) is 4.79 Å². The van der Waals surface area contributed by atoms with E-state index in [4.69, 9.17) is 9.63 Å². The van der Waals surface area contributed by atoms with Crippen molar-refractivity contribution in [2.45, 2.75) is 6.61 Å². The van der Waals surface area contributed by atoms with Crippen molar-refractivity contribution < 1.29 is 19.0 Å². The molecule has 0 aliphatic carbocycles. The molecule has 0 spiro atoms. The molecule has 2 N–H and O–H groups in total. The van der Waals surface area contributed by atoms with Crippen molar-refractivity contribution in [3.63, 3.8) is 0 Å². The fraction of sp³-hybridized carbons (Fsp3) is 0.300. The number of amides is 1. The number of carbonyl (C=O) groups excluding carboxylic acids is 1. The van der Waals surface area contributed by atoms with Crippen molar-refractivity contribution in [1.82, 2.24) is 5.32 Å². The first kappa shape index (κ1) is 12.6. The van der Waals surface area contributed by atoms with Crippen LogP contribution >= 0.6 is 8.03 Å². The second-order valence-corrected chi connectivity index (χ2v) is 4.22. The lowest BCUT2D eigenvalue weighted by Crippen LogP contribution is -2.26. The number of hydrogen-bond donors (Lipinski definition) is 2. The van der Waals surface area contributed by atoms with Crippen LogP contribution in [0.4, 0.5) is 4.79 Å². The molecule has 0 radical (unpaired) electrons. The number of nitrogens with one attached hydrogen (secondary N) is 1. The van der Waals surface area contributed by atoms with Crippen LogP contribution in [-0.4, -0.2) is 23.7 Å². The van der Waals surface area contributed by atoms with Gasteiger partial charge in [0.05, 0.1) is 6.54 Å². The predicted molar refractivity (Wildman–Crippen MR) is 59.3 cm³/mol. The van der Waals surface area contributed by atoms with Gasteiger partial charge in [-0.15, -0.1) is 0 Å². The Morgan fingerprint density at radius 1 is 1.38 bits per heavy atom. The highest BCUT2D eigenvalue weighted by Crippen LogP contribution is 2.09. The van der Waals surface area contributed by atoms with Crippen molar-refractivity contribution >= 4 is 14.1 Å². The number of benzene rings is 1. The summed E-state index contributed by atoms with van der Waals surface area (Å²) in [6, 6.07) is 9.27. The monoisotopic (exact) mass is 242 g/mol. The Labute approximate surface area is 94.3 Å². The van der Waals surface area contributed by atoms with Gasteiger partial charge in [-0.1, -0.05) is 30.3 Å². The molecule has 0 aliphatic rings. The second kappa shape index (κ2) is 6.93. The molecule has 86 valence electrons. The Balaban J connectivity index is 2.18. The van der Waals surface area contributed by atoms with Crippen LogP contribution in [-0.2, 0) is 15.9 Å². The topological polar surface area (TPSA) is 75.6 Å². The molecule has 0 bridgehead atoms. The predicted octanol–water partition coefficient (Wildman–Crippen LogP) is 1.65. The number of rotatable bonds is 5. The zero-order valence-corrected chi connectivity index (χ0v) is 9.52. The van der Waals surface area contributed by atoms with Crippen LogP contribution in [0.5, 0.6) is 0 Å². The van der Waals surface area contributed by atoms with E-state index >= 15 is 0 Å². The summed E-state index contributed by atoms with van der Waals surface area (Å²) in [7, 11) is -2.20. The van der Waals surface area contributed by atoms with Gasteiger partial charge in [0, 0.05) is 0 Å². The normalized spacial score (nSPS) is 10.7. The average molecular weight is 242 g/mol. The van der Waals surface area contributed by atoms with Crippen LogP contribution in [0.3, 0.4) is 0 Å². The minimum absolute atomic E-state index is 0.0375. The van der Waals surface area contributed by atoms with E-state index in [1.54, 1.807) is 0 Å². The first-order valence-corrected chi connectivity index (χ1v) is 6.16. The summed E-state index contributed by atoms with van der Waals surface area (Å²) in [6.45, 7) is 0.331. The van der Waals surface area contributed by atoms with Gasteiger partial charge in [-0.2, -0.15) is 4.89 Å². The first-order chi connectivity index (χ1) is 7.68. The van der Waals surface area contributed by atoms with Crippen LogP contribution in [0.2, 0.25) is 0 Å². The van der Waals surface area contributed by atoms with Crippen molar-refractivity contribution in [3.05, 3.63) is 35.9 Å². The molecule has 0 aliphatic heterocycles. The summed E-state index contributed by atoms with van der Waals surface area (Å²) >= 11 is 0. The number of alkyl carbamates (subject to hydrolysis) is 1. The molecule has 0 heterocycles. The lowest BCUT2D eigenvalue weighted by Gasteiger charge is -2.04. The first-order valence-electron chi connectivity index (χ1n) is 4.76. The summed E-state index contributed by atoms with van der Waals surface area (Å²) in [5.41, 5.74) is 0.894. The number of hydrogen-bond acceptors (Lipinski definition) is 3. The third-order valence-corrected chi connectivity index (χ3v) is 2.39. The Hall–Kier alpha value is -1.45. The van der Waals surface area contributed by atoms with E-state index in [-0.39, 0.29) is 19.3 Å². The lowest BCUT2D eigenvalue weighted by atomic mass is 10.2. The second-order valence-electron chi connectivity index (χ2n) is 3.06. The van der Waals surface area contributed by atoms with Crippen LogP contribution in [0.1, 0.15) is 5.56 Å². The lowest BCUT2D eigenvalue weighted by molar-refractivity contribution is 0.140. The molecule has 6 heteroatoms. The van der Waals surface area contributed by atoms with E-state index in [1.807, 2.05) is 30.3 Å². The standard InChI is InChI=1S/C10H12NO4P/c12-10(11-6-7-16(13)14)15-8-9-4-2-1-3-5-9/h1-5H,6-8H2,(H-,11,12,13,14)/p+1. The minimum Gasteiger partial charge on any atom is -0.445 e. The average Bonchev–Trinajstić information content (AvgIpc) is 2.27. The number of carbonyl (C=O) groups is 1. The molecule has 1 aromatic carbocycles. The molecule has 0 saturated carbocycles. The molecule has 0 saturated heterocycles. The van der Waals surface area contributed by atoms with Gasteiger partial charge in [-0.3, -0.25) is 0 Å². The summed E-state index contributed by atoms with van der Waals surface area (Å²) in [5.74, 6) is 0. The SMILES string of the molecule is O=C(NCC[P+](=O)O)OCc1ccccc1. The maximum Gasteiger partial charge on any atom is 0.507 e. The quantitative estimate of drug-likeness (QED) is 0.770. The van der Waals surface area contributed by atoms with Crippen LogP contribution in [0, 0.1) is 0 Å². The van der Waals surface area contributed by atoms with Crippen molar-refractivity contribution in [1.29, 1.82) is 0 Å². The smallest absolute Gasteiger partial charge is 0.445 e. The molecule has 0 fully saturated rings. The van der Waals surface area contributed by atoms with Crippen molar-refractivity contribution in [2.75, 3.05) is 12.7 Å². The summed E-state index contributed by atoms with van der Waals surface area (Å²) in [4.78, 5) is 19.6. The van der Waals surface area contributed by atoms with E-state index in [0.717, 1.165) is 5.56 Å². The van der Waals surface area contributed by atoms with Gasteiger partial charge in [0.25, 0.3) is 0 Å². The zero-order chi connectivity index (χ0) is 11.8. The third kappa shape index (κ3) is 5.44. The molecule has 16 heavy (non-hydrogen) atoms. The van der Waals surface area contributed by atoms with E-state index < -0.39 is 14.1 Å². The highest BCUT2D eigenvalue weighted by atomic mass is 31.1. The van der Waals surface area contributed by atoms with Crippen molar-refractivity contribution in [3.8, 4) is 0 Å². The molecule has 1 rings (SSSR count). The minimum atomic E-state index is -2.20. The van der Waals surface area contributed by atoms with Gasteiger partial charge in [0.1, 0.15) is 6.61 Å². The Bertz CT molecular complexity index is 355. The van der Waals surface area contributed by atoms with Crippen molar-refractivity contribution in [2.24, 2.45) is 0 Å². The van der Waals surface area contributed by atoms with Crippen LogP contribution in [0.25, 0.3) is 0 Å². The fourth-order valence-corrected chi connectivity index (χ4v) is 1.33. The van der Waals surface area contributed by atoms with E-state index in [0.29, 0.717) is 0 Å². The van der Waals surface area contributed by atoms with Gasteiger partial charge < -0.3 is 10.1 Å². The van der Waals surface area contributed by atoms with Gasteiger partial charge in [-0.05, 0) is 10.1 Å². The molecule has 1 unspecified atom stereocenters. The summed E-state index contributed by atoms with van der Waals surface area (Å²) < 4.78 is 15.2. The van der Waals surface area contributed by atoms with Gasteiger partial charge in [0.15, 0.2) is 6.16 Å². The number of ether oxygens (including phenoxy) is 1. The molecule has 0 aromatic heterocycles. The largest absolute Gasteiger partial charge is 0.507 e. The molecule has 1 aromatic rings. The zero-order valence-electron chi connectivity index (χ0n) is 8.63. The van der Waals surface area contributed by atoms with E-state index in [9.17, 15) is 9.36 Å².